The topological polar surface area (TPSA) is 112 Å². The lowest BCUT2D eigenvalue weighted by atomic mass is 9.85. The highest BCUT2D eigenvalue weighted by molar-refractivity contribution is 5.96. The first kappa shape index (κ1) is 21.6. The molecule has 8 heteroatoms. The lowest BCUT2D eigenvalue weighted by Gasteiger charge is -2.38. The molecule has 1 amide bonds. The molecule has 0 aliphatic carbocycles. The molecule has 33 heavy (non-hydrogen) atoms. The average Bonchev–Trinajstić information content (AvgIpc) is 2.96. The smallest absolute Gasteiger partial charge is 0.339 e. The average molecular weight is 447 g/mol. The molecular weight excluding hydrogens is 420 g/mol. The van der Waals surface area contributed by atoms with E-state index in [9.17, 15) is 14.9 Å². The summed E-state index contributed by atoms with van der Waals surface area (Å²) in [6.07, 6.45) is 0.697. The largest absolute Gasteiger partial charge is 0.448 e. The molecule has 5 rings (SSSR count). The Morgan fingerprint density at radius 1 is 1.18 bits per heavy atom. The Kier molecular flexibility index (Phi) is 5.85. The zero-order valence-electron chi connectivity index (χ0n) is 18.2. The molecule has 2 aromatic rings. The molecule has 0 bridgehead atoms. The van der Waals surface area contributed by atoms with Crippen LogP contribution >= 0.6 is 0 Å². The van der Waals surface area contributed by atoms with Crippen molar-refractivity contribution in [1.29, 1.82) is 5.26 Å². The predicted octanol–water partition coefficient (Wildman–Crippen LogP) is 1.25. The number of carbonyl (C=O) groups excluding carboxylic acids is 2. The second-order valence-corrected chi connectivity index (χ2v) is 8.76. The summed E-state index contributed by atoms with van der Waals surface area (Å²) in [4.78, 5) is 24.7. The fourth-order valence-corrected chi connectivity index (χ4v) is 4.53. The molecular formula is C25H26N4O4. The molecule has 0 radical (unpaired) electrons. The van der Waals surface area contributed by atoms with E-state index < -0.39 is 17.7 Å². The number of esters is 1. The third-order valence-electron chi connectivity index (χ3n) is 6.48. The second kappa shape index (κ2) is 8.94. The minimum atomic E-state index is -0.635. The highest BCUT2D eigenvalue weighted by Crippen LogP contribution is 2.41. The van der Waals surface area contributed by atoms with Crippen LogP contribution in [0.4, 0.5) is 0 Å². The van der Waals surface area contributed by atoms with E-state index >= 15 is 0 Å². The van der Waals surface area contributed by atoms with Crippen molar-refractivity contribution in [2.45, 2.75) is 30.6 Å². The number of carbonyl (C=O) groups is 2. The zero-order valence-corrected chi connectivity index (χ0v) is 18.2. The van der Waals surface area contributed by atoms with Crippen molar-refractivity contribution in [2.24, 2.45) is 0 Å². The van der Waals surface area contributed by atoms with E-state index in [2.05, 4.69) is 22.0 Å². The van der Waals surface area contributed by atoms with Crippen LogP contribution in [-0.2, 0) is 26.3 Å². The Labute approximate surface area is 192 Å². The molecule has 3 heterocycles. The zero-order chi connectivity index (χ0) is 22.8. The Morgan fingerprint density at radius 3 is 2.70 bits per heavy atom. The summed E-state index contributed by atoms with van der Waals surface area (Å²) in [5.74, 6) is -0.523. The predicted molar refractivity (Wildman–Crippen MR) is 120 cm³/mol. The van der Waals surface area contributed by atoms with Crippen molar-refractivity contribution in [2.75, 3.05) is 32.8 Å². The lowest BCUT2D eigenvalue weighted by Crippen LogP contribution is -2.56. The molecule has 2 saturated heterocycles. The van der Waals surface area contributed by atoms with E-state index in [0.717, 1.165) is 35.2 Å². The summed E-state index contributed by atoms with van der Waals surface area (Å²) in [7, 11) is 0. The molecule has 170 valence electrons. The minimum absolute atomic E-state index is 0.261. The third kappa shape index (κ3) is 4.23. The van der Waals surface area contributed by atoms with E-state index in [1.165, 1.54) is 0 Å². The molecule has 8 nitrogen and oxygen atoms in total. The van der Waals surface area contributed by atoms with E-state index in [4.69, 9.17) is 9.47 Å². The van der Waals surface area contributed by atoms with Gasteiger partial charge in [0, 0.05) is 38.2 Å². The summed E-state index contributed by atoms with van der Waals surface area (Å²) >= 11 is 0. The van der Waals surface area contributed by atoms with Gasteiger partial charge in [-0.25, -0.2) is 4.79 Å². The first-order chi connectivity index (χ1) is 16.1. The summed E-state index contributed by atoms with van der Waals surface area (Å²) in [5, 5.41) is 18.7. The first-order valence-corrected chi connectivity index (χ1v) is 11.3. The van der Waals surface area contributed by atoms with Gasteiger partial charge in [0.2, 0.25) is 0 Å². The van der Waals surface area contributed by atoms with Crippen LogP contribution in [0.25, 0.3) is 11.1 Å². The van der Waals surface area contributed by atoms with Gasteiger partial charge in [-0.3, -0.25) is 4.79 Å². The van der Waals surface area contributed by atoms with Gasteiger partial charge in [0.05, 0.1) is 11.6 Å². The van der Waals surface area contributed by atoms with Gasteiger partial charge in [0.1, 0.15) is 12.1 Å². The van der Waals surface area contributed by atoms with Crippen molar-refractivity contribution in [3.05, 3.63) is 59.2 Å². The number of nitriles is 1. The molecule has 0 unspecified atom stereocenters. The Balaban J connectivity index is 1.26. The maximum absolute atomic E-state index is 12.5. The highest BCUT2D eigenvalue weighted by Gasteiger charge is 2.50. The molecule has 1 spiro atoms. The summed E-state index contributed by atoms with van der Waals surface area (Å²) < 4.78 is 11.2. The fraction of sp³-hybridized carbons (Fsp3) is 0.400. The number of hydrogen-bond acceptors (Lipinski definition) is 7. The number of benzene rings is 2. The molecule has 0 saturated carbocycles. The molecule has 2 fully saturated rings. The van der Waals surface area contributed by atoms with Crippen LogP contribution in [-0.4, -0.2) is 56.8 Å². The fourth-order valence-electron chi connectivity index (χ4n) is 4.53. The second-order valence-electron chi connectivity index (χ2n) is 8.76. The summed E-state index contributed by atoms with van der Waals surface area (Å²) in [6.45, 7) is 3.08. The molecule has 3 aliphatic rings. The number of hydrogen-bond donors (Lipinski definition) is 3. The standard InChI is InChI=1S/C25H26N4O4/c26-12-19(29-23(30)22-13-27-8-1-9-32-22)10-16-2-4-17(5-3-16)18-6-7-20-21(11-18)25(14-28-15-25)33-24(20)31/h2-7,11,19,22,27-28H,1,8-10,13-15H2,(H,29,30)/t19-,22-/m0/s1. The van der Waals surface area contributed by atoms with Gasteiger partial charge in [0.25, 0.3) is 5.91 Å². The van der Waals surface area contributed by atoms with E-state index in [-0.39, 0.29) is 11.9 Å². The first-order valence-electron chi connectivity index (χ1n) is 11.3. The molecule has 2 atom stereocenters. The quantitative estimate of drug-likeness (QED) is 0.593. The normalized spacial score (nSPS) is 21.8. The number of ether oxygens (including phenoxy) is 2. The number of nitrogens with one attached hydrogen (secondary N) is 3. The van der Waals surface area contributed by atoms with Crippen molar-refractivity contribution < 1.29 is 19.1 Å². The van der Waals surface area contributed by atoms with Gasteiger partial charge in [-0.15, -0.1) is 0 Å². The van der Waals surface area contributed by atoms with Gasteiger partial charge in [-0.2, -0.15) is 5.26 Å². The Hall–Kier alpha value is -3.25. The van der Waals surface area contributed by atoms with Crippen LogP contribution in [0.2, 0.25) is 0 Å². The van der Waals surface area contributed by atoms with Crippen LogP contribution in [0.15, 0.2) is 42.5 Å². The van der Waals surface area contributed by atoms with Gasteiger partial charge < -0.3 is 25.4 Å². The van der Waals surface area contributed by atoms with Crippen LogP contribution in [0.3, 0.4) is 0 Å². The molecule has 2 aromatic carbocycles. The number of nitrogens with zero attached hydrogens (tertiary/aromatic N) is 1. The number of rotatable bonds is 5. The van der Waals surface area contributed by atoms with Crippen LogP contribution in [0.5, 0.6) is 0 Å². The monoisotopic (exact) mass is 446 g/mol. The SMILES string of the molecule is N#C[C@H](Cc1ccc(-c2ccc3c(c2)C2(CNC2)OC3=O)cc1)NC(=O)[C@@H]1CNCCCO1. The van der Waals surface area contributed by atoms with Crippen LogP contribution < -0.4 is 16.0 Å². The van der Waals surface area contributed by atoms with E-state index in [0.29, 0.717) is 38.2 Å². The summed E-state index contributed by atoms with van der Waals surface area (Å²) in [6, 6.07) is 15.3. The van der Waals surface area contributed by atoms with Crippen molar-refractivity contribution in [3.63, 3.8) is 0 Å². The van der Waals surface area contributed by atoms with Gasteiger partial charge in [0.15, 0.2) is 5.60 Å². The maximum atomic E-state index is 12.5. The molecule has 3 aliphatic heterocycles. The Bertz CT molecular complexity index is 1100. The van der Waals surface area contributed by atoms with Crippen molar-refractivity contribution in [1.82, 2.24) is 16.0 Å². The maximum Gasteiger partial charge on any atom is 0.339 e. The van der Waals surface area contributed by atoms with Gasteiger partial charge in [-0.05, 0) is 41.8 Å². The van der Waals surface area contributed by atoms with E-state index in [1.807, 2.05) is 42.5 Å². The van der Waals surface area contributed by atoms with E-state index in [1.54, 1.807) is 0 Å². The summed E-state index contributed by atoms with van der Waals surface area (Å²) in [5.41, 5.74) is 4.02. The van der Waals surface area contributed by atoms with Gasteiger partial charge in [-0.1, -0.05) is 30.3 Å². The molecule has 0 aromatic heterocycles. The van der Waals surface area contributed by atoms with Crippen molar-refractivity contribution >= 4 is 11.9 Å². The van der Waals surface area contributed by atoms with Crippen LogP contribution in [0.1, 0.15) is 27.9 Å². The van der Waals surface area contributed by atoms with Crippen molar-refractivity contribution in [3.8, 4) is 17.2 Å². The number of amides is 1. The Morgan fingerprint density at radius 2 is 1.97 bits per heavy atom. The van der Waals surface area contributed by atoms with Gasteiger partial charge >= 0.3 is 5.97 Å². The third-order valence-corrected chi connectivity index (χ3v) is 6.48. The highest BCUT2D eigenvalue weighted by atomic mass is 16.6. The minimum Gasteiger partial charge on any atom is -0.448 e. The lowest BCUT2D eigenvalue weighted by molar-refractivity contribution is -0.132. The molecule has 3 N–H and O–H groups in total. The number of fused-ring (bicyclic) bond motifs is 2. The van der Waals surface area contributed by atoms with Crippen LogP contribution in [0, 0.1) is 11.3 Å².